The monoisotopic (exact) mass is 443 g/mol. The van der Waals surface area contributed by atoms with Gasteiger partial charge < -0.3 is 21.3 Å². The number of nitrogens with zero attached hydrogens (tertiary/aromatic N) is 4. The molecule has 0 aliphatic carbocycles. The Labute approximate surface area is 191 Å². The van der Waals surface area contributed by atoms with Crippen LogP contribution in [-0.2, 0) is 10.2 Å². The third-order valence-electron chi connectivity index (χ3n) is 5.31. The van der Waals surface area contributed by atoms with Crippen molar-refractivity contribution in [3.8, 4) is 34.0 Å². The molecule has 0 radical (unpaired) electrons. The van der Waals surface area contributed by atoms with Crippen LogP contribution in [0.25, 0.3) is 34.0 Å². The lowest BCUT2D eigenvalue weighted by atomic mass is 9.86. The minimum atomic E-state index is -0.856. The third kappa shape index (κ3) is 4.58. The zero-order valence-corrected chi connectivity index (χ0v) is 18.4. The van der Waals surface area contributed by atoms with E-state index < -0.39 is 5.41 Å². The second-order valence-corrected chi connectivity index (χ2v) is 8.03. The molecule has 0 aliphatic heterocycles. The molecule has 4 rings (SSSR count). The van der Waals surface area contributed by atoms with E-state index in [1.54, 1.807) is 24.5 Å². The molecule has 4 aromatic rings. The molecule has 1 aromatic carbocycles. The highest BCUT2D eigenvalue weighted by atomic mass is 16.5. The number of carbonyl (C=O) groups excluding carboxylic acids is 1. The lowest BCUT2D eigenvalue weighted by Crippen LogP contribution is -2.42. The number of benzene rings is 1. The van der Waals surface area contributed by atoms with Crippen molar-refractivity contribution in [3.05, 3.63) is 66.6 Å². The average Bonchev–Trinajstić information content (AvgIpc) is 3.33. The first-order valence-corrected chi connectivity index (χ1v) is 10.5. The smallest absolute Gasteiger partial charge is 0.231 e. The van der Waals surface area contributed by atoms with E-state index in [4.69, 9.17) is 16.0 Å². The van der Waals surface area contributed by atoms with Crippen LogP contribution in [0, 0.1) is 0 Å². The van der Waals surface area contributed by atoms with Gasteiger partial charge in [0.2, 0.25) is 5.91 Å². The minimum Gasteiger partial charge on any atom is -0.382 e. The van der Waals surface area contributed by atoms with Crippen LogP contribution in [0.2, 0.25) is 0 Å². The molecule has 3 aromatic heterocycles. The van der Waals surface area contributed by atoms with Crippen molar-refractivity contribution in [1.82, 2.24) is 25.4 Å². The summed E-state index contributed by atoms with van der Waals surface area (Å²) in [5, 5.41) is 6.95. The van der Waals surface area contributed by atoms with Gasteiger partial charge in [-0.25, -0.2) is 9.97 Å². The van der Waals surface area contributed by atoms with E-state index in [0.29, 0.717) is 41.6 Å². The molecule has 0 saturated carbocycles. The van der Waals surface area contributed by atoms with Crippen LogP contribution in [0.4, 0.5) is 5.82 Å². The summed E-state index contributed by atoms with van der Waals surface area (Å²) >= 11 is 0. The first kappa shape index (κ1) is 22.1. The van der Waals surface area contributed by atoms with Gasteiger partial charge >= 0.3 is 0 Å². The van der Waals surface area contributed by atoms with E-state index in [0.717, 1.165) is 11.1 Å². The zero-order valence-electron chi connectivity index (χ0n) is 18.4. The van der Waals surface area contributed by atoms with Crippen molar-refractivity contribution < 1.29 is 9.32 Å². The lowest BCUT2D eigenvalue weighted by Gasteiger charge is -2.23. The molecule has 5 N–H and O–H groups in total. The molecule has 33 heavy (non-hydrogen) atoms. The summed E-state index contributed by atoms with van der Waals surface area (Å²) in [5.41, 5.74) is 14.6. The molecule has 3 heterocycles. The van der Waals surface area contributed by atoms with E-state index in [-0.39, 0.29) is 11.7 Å². The Balaban J connectivity index is 1.67. The Bertz CT molecular complexity index is 1270. The number of amides is 1. The number of nitrogens with one attached hydrogen (secondary N) is 1. The van der Waals surface area contributed by atoms with Gasteiger partial charge in [0.1, 0.15) is 5.69 Å². The molecule has 0 aliphatic rings. The average molecular weight is 444 g/mol. The van der Waals surface area contributed by atoms with Gasteiger partial charge in [-0.05, 0) is 26.0 Å². The highest BCUT2D eigenvalue weighted by Crippen LogP contribution is 2.30. The topological polar surface area (TPSA) is 146 Å². The SMILES string of the molecule is CC(C)(C(=O)NCCN)c1cc(-c2cnc(N)c(-c3cc(-c4ccccc4)no3)n2)ccn1. The maximum Gasteiger partial charge on any atom is 0.231 e. The predicted octanol–water partition coefficient (Wildman–Crippen LogP) is 2.80. The van der Waals surface area contributed by atoms with Gasteiger partial charge in [0.15, 0.2) is 17.3 Å². The summed E-state index contributed by atoms with van der Waals surface area (Å²) < 4.78 is 5.52. The van der Waals surface area contributed by atoms with E-state index >= 15 is 0 Å². The molecule has 9 heteroatoms. The molecular formula is C24H25N7O2. The maximum absolute atomic E-state index is 12.6. The molecule has 168 valence electrons. The molecule has 0 fully saturated rings. The molecular weight excluding hydrogens is 418 g/mol. The van der Waals surface area contributed by atoms with Crippen molar-refractivity contribution in [2.45, 2.75) is 19.3 Å². The standard InChI is InChI=1S/C24H25N7O2/c1-24(2,23(32)28-11-9-25)20-12-16(8-10-27-20)18-14-29-22(26)21(30-18)19-13-17(31-33-19)15-6-4-3-5-7-15/h3-8,10,12-14H,9,11,25H2,1-2H3,(H2,26,29)(H,28,32). The number of anilines is 1. The fourth-order valence-electron chi connectivity index (χ4n) is 3.31. The second-order valence-electron chi connectivity index (χ2n) is 8.03. The first-order chi connectivity index (χ1) is 15.9. The molecule has 0 saturated heterocycles. The van der Waals surface area contributed by atoms with Gasteiger partial charge in [-0.3, -0.25) is 9.78 Å². The normalized spacial score (nSPS) is 11.4. The van der Waals surface area contributed by atoms with Crippen molar-refractivity contribution in [2.24, 2.45) is 5.73 Å². The van der Waals surface area contributed by atoms with Gasteiger partial charge in [-0.1, -0.05) is 35.5 Å². The van der Waals surface area contributed by atoms with E-state index in [2.05, 4.69) is 25.4 Å². The number of hydrogen-bond acceptors (Lipinski definition) is 8. The predicted molar refractivity (Wildman–Crippen MR) is 126 cm³/mol. The molecule has 0 atom stereocenters. The lowest BCUT2D eigenvalue weighted by molar-refractivity contribution is -0.125. The van der Waals surface area contributed by atoms with Crippen LogP contribution in [0.3, 0.4) is 0 Å². The Morgan fingerprint density at radius 1 is 1.06 bits per heavy atom. The van der Waals surface area contributed by atoms with Crippen LogP contribution >= 0.6 is 0 Å². The summed E-state index contributed by atoms with van der Waals surface area (Å²) in [7, 11) is 0. The largest absolute Gasteiger partial charge is 0.382 e. The molecule has 1 amide bonds. The zero-order chi connectivity index (χ0) is 23.4. The van der Waals surface area contributed by atoms with Crippen molar-refractivity contribution in [2.75, 3.05) is 18.8 Å². The minimum absolute atomic E-state index is 0.156. The number of pyridine rings is 1. The number of hydrogen-bond donors (Lipinski definition) is 3. The van der Waals surface area contributed by atoms with Crippen molar-refractivity contribution in [1.29, 1.82) is 0 Å². The molecule has 0 bridgehead atoms. The molecule has 0 spiro atoms. The van der Waals surface area contributed by atoms with E-state index in [1.807, 2.05) is 50.2 Å². The Hall–Kier alpha value is -4.11. The van der Waals surface area contributed by atoms with E-state index in [9.17, 15) is 4.79 Å². The van der Waals surface area contributed by atoms with Gasteiger partial charge in [0.05, 0.1) is 23.0 Å². The van der Waals surface area contributed by atoms with Crippen molar-refractivity contribution in [3.63, 3.8) is 0 Å². The summed E-state index contributed by atoms with van der Waals surface area (Å²) in [6, 6.07) is 15.1. The van der Waals surface area contributed by atoms with Gasteiger partial charge in [-0.15, -0.1) is 0 Å². The van der Waals surface area contributed by atoms with Crippen LogP contribution in [0.1, 0.15) is 19.5 Å². The highest BCUT2D eigenvalue weighted by Gasteiger charge is 2.31. The van der Waals surface area contributed by atoms with Gasteiger partial charge in [0, 0.05) is 36.5 Å². The molecule has 0 unspecified atom stereocenters. The Kier molecular flexibility index (Phi) is 6.14. The first-order valence-electron chi connectivity index (χ1n) is 10.5. The number of aromatic nitrogens is 4. The second kappa shape index (κ2) is 9.17. The fourth-order valence-corrected chi connectivity index (χ4v) is 3.31. The van der Waals surface area contributed by atoms with Gasteiger partial charge in [-0.2, -0.15) is 0 Å². The van der Waals surface area contributed by atoms with E-state index in [1.165, 1.54) is 0 Å². The highest BCUT2D eigenvalue weighted by molar-refractivity contribution is 5.87. The van der Waals surface area contributed by atoms with Crippen LogP contribution in [0.15, 0.2) is 65.4 Å². The molecule has 9 nitrogen and oxygen atoms in total. The quantitative estimate of drug-likeness (QED) is 0.395. The fraction of sp³-hybridized carbons (Fsp3) is 0.208. The number of nitrogens with two attached hydrogens (primary N) is 2. The van der Waals surface area contributed by atoms with Crippen molar-refractivity contribution >= 4 is 11.7 Å². The summed E-state index contributed by atoms with van der Waals surface area (Å²) in [6.45, 7) is 4.39. The Morgan fingerprint density at radius 2 is 1.85 bits per heavy atom. The van der Waals surface area contributed by atoms with Crippen LogP contribution in [-0.4, -0.2) is 39.1 Å². The number of rotatable bonds is 7. The van der Waals surface area contributed by atoms with Crippen LogP contribution < -0.4 is 16.8 Å². The summed E-state index contributed by atoms with van der Waals surface area (Å²) in [5.74, 6) is 0.485. The van der Waals surface area contributed by atoms with Crippen LogP contribution in [0.5, 0.6) is 0 Å². The van der Waals surface area contributed by atoms with Gasteiger partial charge in [0.25, 0.3) is 0 Å². The maximum atomic E-state index is 12.6. The summed E-state index contributed by atoms with van der Waals surface area (Å²) in [4.78, 5) is 26.0. The Morgan fingerprint density at radius 3 is 2.61 bits per heavy atom. The number of nitrogen functional groups attached to an aromatic ring is 1. The summed E-state index contributed by atoms with van der Waals surface area (Å²) in [6.07, 6.45) is 3.22. The number of carbonyl (C=O) groups is 1. The third-order valence-corrected chi connectivity index (χ3v) is 5.31.